The van der Waals surface area contributed by atoms with Crippen LogP contribution in [0.2, 0.25) is 0 Å². The van der Waals surface area contributed by atoms with Crippen molar-refractivity contribution in [2.45, 2.75) is 44.6 Å². The van der Waals surface area contributed by atoms with E-state index in [2.05, 4.69) is 10.9 Å². The first-order chi connectivity index (χ1) is 10.1. The summed E-state index contributed by atoms with van der Waals surface area (Å²) < 4.78 is 31.8. The van der Waals surface area contributed by atoms with Crippen LogP contribution in [-0.2, 0) is 14.9 Å². The highest BCUT2D eigenvalue weighted by atomic mass is 19.1. The van der Waals surface area contributed by atoms with Gasteiger partial charge in [0.05, 0.1) is 5.41 Å². The van der Waals surface area contributed by atoms with Gasteiger partial charge in [-0.05, 0) is 39.7 Å². The van der Waals surface area contributed by atoms with Crippen LogP contribution in [0.4, 0.5) is 13.6 Å². The molecular weight excluding hydrogens is 294 g/mol. The minimum absolute atomic E-state index is 0.123. The third-order valence-electron chi connectivity index (χ3n) is 3.31. The van der Waals surface area contributed by atoms with Crippen molar-refractivity contribution in [1.29, 1.82) is 0 Å². The lowest BCUT2D eigenvalue weighted by Gasteiger charge is -2.21. The summed E-state index contributed by atoms with van der Waals surface area (Å²) in [5.41, 5.74) is 2.71. The predicted molar refractivity (Wildman–Crippen MR) is 74.8 cm³/mol. The zero-order valence-corrected chi connectivity index (χ0v) is 12.6. The second kappa shape index (κ2) is 5.55. The highest BCUT2D eigenvalue weighted by Crippen LogP contribution is 2.49. The van der Waals surface area contributed by atoms with Gasteiger partial charge >= 0.3 is 6.09 Å². The average Bonchev–Trinajstić information content (AvgIpc) is 3.15. The van der Waals surface area contributed by atoms with Crippen LogP contribution in [0.3, 0.4) is 0 Å². The molecule has 0 aromatic heterocycles. The molecule has 0 bridgehead atoms. The number of hydrazine groups is 1. The first-order valence-electron chi connectivity index (χ1n) is 6.89. The fourth-order valence-corrected chi connectivity index (χ4v) is 2.15. The molecule has 1 fully saturated rings. The van der Waals surface area contributed by atoms with Crippen molar-refractivity contribution in [2.75, 3.05) is 0 Å². The lowest BCUT2D eigenvalue weighted by Crippen LogP contribution is -2.48. The topological polar surface area (TPSA) is 67.4 Å². The summed E-state index contributed by atoms with van der Waals surface area (Å²) in [7, 11) is 0. The Kier molecular flexibility index (Phi) is 4.08. The lowest BCUT2D eigenvalue weighted by molar-refractivity contribution is -0.124. The molecule has 2 rings (SSSR count). The van der Waals surface area contributed by atoms with Crippen LogP contribution in [0, 0.1) is 11.6 Å². The summed E-state index contributed by atoms with van der Waals surface area (Å²) in [5.74, 6) is -2.03. The molecule has 0 heterocycles. The van der Waals surface area contributed by atoms with E-state index in [4.69, 9.17) is 4.74 Å². The number of rotatable bonds is 2. The van der Waals surface area contributed by atoms with Gasteiger partial charge in [-0.3, -0.25) is 10.2 Å². The van der Waals surface area contributed by atoms with E-state index >= 15 is 0 Å². The van der Waals surface area contributed by atoms with Crippen molar-refractivity contribution in [3.63, 3.8) is 0 Å². The molecular formula is C15H18F2N2O3. The van der Waals surface area contributed by atoms with Gasteiger partial charge in [0, 0.05) is 11.6 Å². The smallest absolute Gasteiger partial charge is 0.426 e. The van der Waals surface area contributed by atoms with E-state index < -0.39 is 34.7 Å². The third kappa shape index (κ3) is 3.52. The Morgan fingerprint density at radius 2 is 1.82 bits per heavy atom. The standard InChI is InChI=1S/C15H18F2N2O3/c1-14(2,3)22-13(21)19-18-12(20)15(6-7-15)10-5-4-9(16)8-11(10)17/h4-5,8H,6-7H2,1-3H3,(H,18,20)(H,19,21). The molecule has 1 saturated carbocycles. The second-order valence-electron chi connectivity index (χ2n) is 6.29. The fraction of sp³-hybridized carbons (Fsp3) is 0.467. The van der Waals surface area contributed by atoms with E-state index in [-0.39, 0.29) is 5.56 Å². The maximum Gasteiger partial charge on any atom is 0.426 e. The van der Waals surface area contributed by atoms with Crippen molar-refractivity contribution >= 4 is 12.0 Å². The molecule has 0 saturated heterocycles. The van der Waals surface area contributed by atoms with Crippen molar-refractivity contribution in [3.05, 3.63) is 35.4 Å². The van der Waals surface area contributed by atoms with Gasteiger partial charge in [-0.15, -0.1) is 0 Å². The number of carbonyl (C=O) groups is 2. The van der Waals surface area contributed by atoms with Crippen LogP contribution in [0.1, 0.15) is 39.2 Å². The molecule has 5 nitrogen and oxygen atoms in total. The molecule has 2 amide bonds. The SMILES string of the molecule is CC(C)(C)OC(=O)NNC(=O)C1(c2ccc(F)cc2F)CC1. The molecule has 22 heavy (non-hydrogen) atoms. The summed E-state index contributed by atoms with van der Waals surface area (Å²) in [5, 5.41) is 0. The number of benzene rings is 1. The maximum absolute atomic E-state index is 13.8. The fourth-order valence-electron chi connectivity index (χ4n) is 2.15. The zero-order chi connectivity index (χ0) is 16.5. The van der Waals surface area contributed by atoms with Crippen LogP contribution < -0.4 is 10.9 Å². The molecule has 7 heteroatoms. The Labute approximate surface area is 127 Å². The lowest BCUT2D eigenvalue weighted by atomic mass is 9.94. The molecule has 2 N–H and O–H groups in total. The van der Waals surface area contributed by atoms with Gasteiger partial charge < -0.3 is 4.74 Å². The molecule has 120 valence electrons. The Hall–Kier alpha value is -2.18. The number of ether oxygens (including phenoxy) is 1. The highest BCUT2D eigenvalue weighted by molar-refractivity contribution is 5.92. The predicted octanol–water partition coefficient (Wildman–Crippen LogP) is 2.55. The summed E-state index contributed by atoms with van der Waals surface area (Å²) in [6, 6.07) is 3.10. The molecule has 0 atom stereocenters. The van der Waals surface area contributed by atoms with Crippen molar-refractivity contribution in [3.8, 4) is 0 Å². The minimum Gasteiger partial charge on any atom is -0.443 e. The monoisotopic (exact) mass is 312 g/mol. The second-order valence-corrected chi connectivity index (χ2v) is 6.29. The van der Waals surface area contributed by atoms with Crippen molar-refractivity contribution in [2.24, 2.45) is 0 Å². The van der Waals surface area contributed by atoms with Crippen molar-refractivity contribution < 1.29 is 23.1 Å². The van der Waals surface area contributed by atoms with Crippen LogP contribution in [-0.4, -0.2) is 17.6 Å². The van der Waals surface area contributed by atoms with E-state index in [0.717, 1.165) is 12.1 Å². The summed E-state index contributed by atoms with van der Waals surface area (Å²) in [6.07, 6.45) is 0.0469. The number of hydrogen-bond acceptors (Lipinski definition) is 3. The van der Waals surface area contributed by atoms with Gasteiger partial charge in [-0.25, -0.2) is 19.0 Å². The van der Waals surface area contributed by atoms with E-state index in [1.807, 2.05) is 0 Å². The number of amides is 2. The van der Waals surface area contributed by atoms with Gasteiger partial charge in [-0.1, -0.05) is 6.07 Å². The van der Waals surface area contributed by atoms with Gasteiger partial charge in [-0.2, -0.15) is 0 Å². The number of hydrogen-bond donors (Lipinski definition) is 2. The molecule has 1 aromatic carbocycles. The van der Waals surface area contributed by atoms with E-state index in [1.165, 1.54) is 6.07 Å². The quantitative estimate of drug-likeness (QED) is 0.825. The minimum atomic E-state index is -1.06. The van der Waals surface area contributed by atoms with Gasteiger partial charge in [0.2, 0.25) is 5.91 Å². The molecule has 0 unspecified atom stereocenters. The largest absolute Gasteiger partial charge is 0.443 e. The molecule has 0 aliphatic heterocycles. The Morgan fingerprint density at radius 3 is 2.32 bits per heavy atom. The van der Waals surface area contributed by atoms with Crippen LogP contribution in [0.25, 0.3) is 0 Å². The third-order valence-corrected chi connectivity index (χ3v) is 3.31. The van der Waals surface area contributed by atoms with E-state index in [9.17, 15) is 18.4 Å². The van der Waals surface area contributed by atoms with E-state index in [1.54, 1.807) is 20.8 Å². The van der Waals surface area contributed by atoms with Gasteiger partial charge in [0.1, 0.15) is 17.2 Å². The maximum atomic E-state index is 13.8. The first kappa shape index (κ1) is 16.2. The van der Waals surface area contributed by atoms with Gasteiger partial charge in [0.15, 0.2) is 0 Å². The van der Waals surface area contributed by atoms with Crippen LogP contribution >= 0.6 is 0 Å². The zero-order valence-electron chi connectivity index (χ0n) is 12.6. The highest BCUT2D eigenvalue weighted by Gasteiger charge is 2.53. The molecule has 1 aromatic rings. The number of halogens is 2. The Balaban J connectivity index is 2.02. The summed E-state index contributed by atoms with van der Waals surface area (Å²) in [4.78, 5) is 23.7. The Morgan fingerprint density at radius 1 is 1.18 bits per heavy atom. The van der Waals surface area contributed by atoms with E-state index in [0.29, 0.717) is 12.8 Å². The van der Waals surface area contributed by atoms with Crippen molar-refractivity contribution in [1.82, 2.24) is 10.9 Å². The first-order valence-corrected chi connectivity index (χ1v) is 6.89. The number of carbonyl (C=O) groups excluding carboxylic acids is 2. The number of nitrogens with one attached hydrogen (secondary N) is 2. The molecule has 0 spiro atoms. The molecule has 1 aliphatic carbocycles. The average molecular weight is 312 g/mol. The molecule has 1 aliphatic rings. The summed E-state index contributed by atoms with van der Waals surface area (Å²) >= 11 is 0. The summed E-state index contributed by atoms with van der Waals surface area (Å²) in [6.45, 7) is 5.06. The van der Waals surface area contributed by atoms with Gasteiger partial charge in [0.25, 0.3) is 0 Å². The van der Waals surface area contributed by atoms with Crippen LogP contribution in [0.5, 0.6) is 0 Å². The van der Waals surface area contributed by atoms with Crippen LogP contribution in [0.15, 0.2) is 18.2 Å². The normalized spacial score (nSPS) is 15.9. The Bertz CT molecular complexity index is 607. The molecule has 0 radical (unpaired) electrons.